The van der Waals surface area contributed by atoms with Crippen molar-refractivity contribution in [3.8, 4) is 16.9 Å². The number of rotatable bonds is 7. The summed E-state index contributed by atoms with van der Waals surface area (Å²) in [5, 5.41) is 12.8. The molecule has 1 heterocycles. The van der Waals surface area contributed by atoms with Gasteiger partial charge >= 0.3 is 0 Å². The molecule has 1 saturated heterocycles. The summed E-state index contributed by atoms with van der Waals surface area (Å²) in [5.41, 5.74) is 3.21. The minimum Gasteiger partial charge on any atom is -0.497 e. The normalized spacial score (nSPS) is 20.7. The molecular weight excluding hydrogens is 368 g/mol. The summed E-state index contributed by atoms with van der Waals surface area (Å²) in [6.45, 7) is 3.57. The molecule has 0 saturated carbocycles. The third-order valence-corrected chi connectivity index (χ3v) is 5.64. The molecule has 0 spiro atoms. The topological polar surface area (TPSA) is 78.9 Å². The Morgan fingerprint density at radius 2 is 1.62 bits per heavy atom. The minimum absolute atomic E-state index is 0.0222. The molecule has 6 heteroatoms. The number of carbonyl (C=O) groups excluding carboxylic acids is 2. The van der Waals surface area contributed by atoms with Gasteiger partial charge in [-0.25, -0.2) is 0 Å². The predicted octanol–water partition coefficient (Wildman–Crippen LogP) is 2.56. The van der Waals surface area contributed by atoms with Gasteiger partial charge in [0.1, 0.15) is 5.75 Å². The molecule has 1 fully saturated rings. The van der Waals surface area contributed by atoms with Gasteiger partial charge in [-0.15, -0.1) is 0 Å². The van der Waals surface area contributed by atoms with E-state index in [0.29, 0.717) is 13.0 Å². The third-order valence-electron chi connectivity index (χ3n) is 5.64. The Morgan fingerprint density at radius 3 is 2.10 bits per heavy atom. The zero-order chi connectivity index (χ0) is 21.0. The highest BCUT2D eigenvalue weighted by Gasteiger charge is 2.49. The van der Waals surface area contributed by atoms with Crippen molar-refractivity contribution < 1.29 is 19.4 Å². The Hall–Kier alpha value is -2.86. The van der Waals surface area contributed by atoms with E-state index in [1.165, 1.54) is 6.92 Å². The van der Waals surface area contributed by atoms with Crippen molar-refractivity contribution in [1.29, 1.82) is 0 Å². The molecule has 2 amide bonds. The fraction of sp³-hybridized carbons (Fsp3) is 0.391. The van der Waals surface area contributed by atoms with Crippen LogP contribution in [0.4, 0.5) is 0 Å². The van der Waals surface area contributed by atoms with Gasteiger partial charge in [-0.2, -0.15) is 0 Å². The Bertz CT molecular complexity index is 848. The van der Waals surface area contributed by atoms with Crippen molar-refractivity contribution in [1.82, 2.24) is 10.2 Å². The lowest BCUT2D eigenvalue weighted by atomic mass is 9.74. The number of ether oxygens (including phenoxy) is 1. The maximum absolute atomic E-state index is 12.1. The van der Waals surface area contributed by atoms with Crippen LogP contribution < -0.4 is 10.1 Å². The fourth-order valence-electron chi connectivity index (χ4n) is 4.11. The molecule has 0 aliphatic carbocycles. The molecular formula is C23H28N2O4. The van der Waals surface area contributed by atoms with Gasteiger partial charge in [0.2, 0.25) is 11.8 Å². The quantitative estimate of drug-likeness (QED) is 0.754. The van der Waals surface area contributed by atoms with Crippen molar-refractivity contribution in [2.24, 2.45) is 0 Å². The number of nitrogens with one attached hydrogen (secondary N) is 1. The molecule has 0 bridgehead atoms. The van der Waals surface area contributed by atoms with E-state index in [1.54, 1.807) is 18.9 Å². The van der Waals surface area contributed by atoms with Crippen molar-refractivity contribution in [3.63, 3.8) is 0 Å². The van der Waals surface area contributed by atoms with Crippen molar-refractivity contribution in [2.45, 2.75) is 38.3 Å². The van der Waals surface area contributed by atoms with Crippen molar-refractivity contribution in [2.75, 3.05) is 20.3 Å². The number of benzene rings is 2. The summed E-state index contributed by atoms with van der Waals surface area (Å²) in [5.74, 6) is 0.651. The standard InChI is InChI=1S/C23H28N2O4/c1-4-22(28)24-13-20-23(21(14-26)25(20)15(2)27)18-7-5-16(6-8-18)17-9-11-19(29-3)12-10-17/h5-12,20-21,23,26H,4,13-14H2,1-3H3,(H,24,28)/t20-,21+,23+/m0/s1. The summed E-state index contributed by atoms with van der Waals surface area (Å²) in [4.78, 5) is 25.5. The molecule has 154 valence electrons. The molecule has 2 N–H and O–H groups in total. The molecule has 6 nitrogen and oxygen atoms in total. The number of nitrogens with zero attached hydrogens (tertiary/aromatic N) is 1. The van der Waals surface area contributed by atoms with E-state index < -0.39 is 0 Å². The summed E-state index contributed by atoms with van der Waals surface area (Å²) in [6, 6.07) is 15.6. The zero-order valence-electron chi connectivity index (χ0n) is 17.1. The molecule has 29 heavy (non-hydrogen) atoms. The van der Waals surface area contributed by atoms with Crippen molar-refractivity contribution >= 4 is 11.8 Å². The molecule has 0 radical (unpaired) electrons. The second-order valence-electron chi connectivity index (χ2n) is 7.28. The van der Waals surface area contributed by atoms with Crippen LogP contribution >= 0.6 is 0 Å². The second kappa shape index (κ2) is 9.09. The molecule has 0 unspecified atom stereocenters. The van der Waals surface area contributed by atoms with Gasteiger partial charge in [-0.1, -0.05) is 43.3 Å². The first-order chi connectivity index (χ1) is 14.0. The van der Waals surface area contributed by atoms with E-state index in [2.05, 4.69) is 5.32 Å². The average molecular weight is 396 g/mol. The van der Waals surface area contributed by atoms with E-state index in [4.69, 9.17) is 4.74 Å². The Kier molecular flexibility index (Phi) is 6.54. The Morgan fingerprint density at radius 1 is 1.03 bits per heavy atom. The Labute approximate surface area is 171 Å². The van der Waals surface area contributed by atoms with Crippen LogP contribution in [0, 0.1) is 0 Å². The summed E-state index contributed by atoms with van der Waals surface area (Å²) in [6.07, 6.45) is 0.400. The molecule has 1 aliphatic rings. The van der Waals surface area contributed by atoms with Crippen LogP contribution in [-0.4, -0.2) is 54.2 Å². The highest BCUT2D eigenvalue weighted by atomic mass is 16.5. The van der Waals surface area contributed by atoms with E-state index >= 15 is 0 Å². The van der Waals surface area contributed by atoms with Crippen LogP contribution in [0.1, 0.15) is 31.7 Å². The van der Waals surface area contributed by atoms with Gasteiger partial charge in [0, 0.05) is 25.8 Å². The zero-order valence-corrected chi connectivity index (χ0v) is 17.1. The first kappa shape index (κ1) is 20.9. The lowest BCUT2D eigenvalue weighted by Crippen LogP contribution is -2.68. The highest BCUT2D eigenvalue weighted by molar-refractivity contribution is 5.77. The van der Waals surface area contributed by atoms with Crippen molar-refractivity contribution in [3.05, 3.63) is 54.1 Å². The lowest BCUT2D eigenvalue weighted by molar-refractivity contribution is -0.148. The van der Waals surface area contributed by atoms with E-state index in [-0.39, 0.29) is 36.4 Å². The van der Waals surface area contributed by atoms with E-state index in [9.17, 15) is 14.7 Å². The third kappa shape index (κ3) is 4.27. The summed E-state index contributed by atoms with van der Waals surface area (Å²) < 4.78 is 5.21. The SMILES string of the molecule is CCC(=O)NC[C@H]1[C@@H](c2ccc(-c3ccc(OC)cc3)cc2)[C@@H](CO)N1C(C)=O. The van der Waals surface area contributed by atoms with Crippen LogP contribution in [0.2, 0.25) is 0 Å². The first-order valence-corrected chi connectivity index (χ1v) is 9.91. The number of amides is 2. The highest BCUT2D eigenvalue weighted by Crippen LogP contribution is 2.41. The van der Waals surface area contributed by atoms with Gasteiger partial charge in [0.05, 0.1) is 25.8 Å². The lowest BCUT2D eigenvalue weighted by Gasteiger charge is -2.54. The smallest absolute Gasteiger partial charge is 0.220 e. The maximum Gasteiger partial charge on any atom is 0.220 e. The second-order valence-corrected chi connectivity index (χ2v) is 7.28. The van der Waals surface area contributed by atoms with Gasteiger partial charge < -0.3 is 20.1 Å². The monoisotopic (exact) mass is 396 g/mol. The summed E-state index contributed by atoms with van der Waals surface area (Å²) in [7, 11) is 1.64. The number of hydrogen-bond donors (Lipinski definition) is 2. The first-order valence-electron chi connectivity index (χ1n) is 9.91. The molecule has 3 atom stereocenters. The van der Waals surface area contributed by atoms with Gasteiger partial charge in [-0.3, -0.25) is 9.59 Å². The van der Waals surface area contributed by atoms with E-state index in [1.807, 2.05) is 48.5 Å². The van der Waals surface area contributed by atoms with E-state index in [0.717, 1.165) is 22.4 Å². The average Bonchev–Trinajstić information content (AvgIpc) is 2.73. The van der Waals surface area contributed by atoms with Gasteiger partial charge in [0.15, 0.2) is 0 Å². The van der Waals surface area contributed by atoms with Gasteiger partial charge in [-0.05, 0) is 28.8 Å². The molecule has 0 aromatic heterocycles. The minimum atomic E-state index is -0.275. The number of likely N-dealkylation sites (tertiary alicyclic amines) is 1. The number of hydrogen-bond acceptors (Lipinski definition) is 4. The molecule has 2 aromatic rings. The van der Waals surface area contributed by atoms with Crippen LogP contribution in [0.5, 0.6) is 5.75 Å². The van der Waals surface area contributed by atoms with Crippen LogP contribution in [0.25, 0.3) is 11.1 Å². The Balaban J connectivity index is 1.81. The number of aliphatic hydroxyl groups excluding tert-OH is 1. The fourth-order valence-corrected chi connectivity index (χ4v) is 4.11. The predicted molar refractivity (Wildman–Crippen MR) is 112 cm³/mol. The molecule has 2 aromatic carbocycles. The number of methoxy groups -OCH3 is 1. The number of aliphatic hydroxyl groups is 1. The number of carbonyl (C=O) groups is 2. The van der Waals surface area contributed by atoms with Gasteiger partial charge in [0.25, 0.3) is 0 Å². The molecule has 1 aliphatic heterocycles. The molecule has 3 rings (SSSR count). The largest absolute Gasteiger partial charge is 0.497 e. The van der Waals surface area contributed by atoms with Crippen LogP contribution in [-0.2, 0) is 9.59 Å². The summed E-state index contributed by atoms with van der Waals surface area (Å²) >= 11 is 0. The van der Waals surface area contributed by atoms with Crippen LogP contribution in [0.3, 0.4) is 0 Å². The maximum atomic E-state index is 12.1. The van der Waals surface area contributed by atoms with Crippen LogP contribution in [0.15, 0.2) is 48.5 Å².